The van der Waals surface area contributed by atoms with Gasteiger partial charge in [0.25, 0.3) is 0 Å². The summed E-state index contributed by atoms with van der Waals surface area (Å²) in [7, 11) is 0. The van der Waals surface area contributed by atoms with Crippen molar-refractivity contribution in [1.82, 2.24) is 0 Å². The summed E-state index contributed by atoms with van der Waals surface area (Å²) in [5.74, 6) is -0.103. The minimum atomic E-state index is -0.103. The lowest BCUT2D eigenvalue weighted by Gasteiger charge is -2.10. The minimum absolute atomic E-state index is 0.103. The summed E-state index contributed by atoms with van der Waals surface area (Å²) in [4.78, 5) is 11.4. The number of nitrogens with zero attached hydrogens (tertiary/aromatic N) is 1. The number of carbonyl (C=O) groups is 1. The van der Waals surface area contributed by atoms with E-state index in [2.05, 4.69) is 5.32 Å². The number of benzene rings is 1. The van der Waals surface area contributed by atoms with Crippen molar-refractivity contribution in [2.75, 3.05) is 5.32 Å². The number of aryl methyl sites for hydroxylation is 2. The molecule has 0 aliphatic carbocycles. The van der Waals surface area contributed by atoms with Gasteiger partial charge in [0.05, 0.1) is 6.07 Å². The Morgan fingerprint density at radius 1 is 1.40 bits per heavy atom. The Hall–Kier alpha value is -1.82. The number of hydrogen-bond donors (Lipinski definition) is 1. The Balaban J connectivity index is 2.73. The van der Waals surface area contributed by atoms with Crippen LogP contribution < -0.4 is 5.32 Å². The lowest BCUT2D eigenvalue weighted by Crippen LogP contribution is -2.12. The molecule has 0 aromatic heterocycles. The highest BCUT2D eigenvalue weighted by molar-refractivity contribution is 5.92. The fourth-order valence-corrected chi connectivity index (χ4v) is 1.38. The van der Waals surface area contributed by atoms with Crippen LogP contribution in [0.1, 0.15) is 24.0 Å². The lowest BCUT2D eigenvalue weighted by atomic mass is 10.1. The minimum Gasteiger partial charge on any atom is -0.326 e. The second kappa shape index (κ2) is 5.16. The number of para-hydroxylation sites is 1. The Kier molecular flexibility index (Phi) is 3.87. The molecule has 0 aliphatic rings. The van der Waals surface area contributed by atoms with Gasteiger partial charge in [0, 0.05) is 18.5 Å². The highest BCUT2D eigenvalue weighted by Crippen LogP contribution is 2.19. The fraction of sp³-hybridized carbons (Fsp3) is 0.333. The molecule has 0 atom stereocenters. The number of amides is 1. The van der Waals surface area contributed by atoms with Crippen molar-refractivity contribution < 1.29 is 4.79 Å². The molecule has 3 heteroatoms. The molecule has 15 heavy (non-hydrogen) atoms. The average Bonchev–Trinajstić information content (AvgIpc) is 2.21. The maximum Gasteiger partial charge on any atom is 0.225 e. The Morgan fingerprint density at radius 2 is 2.00 bits per heavy atom. The molecular weight excluding hydrogens is 188 g/mol. The maximum atomic E-state index is 11.4. The van der Waals surface area contributed by atoms with Crippen molar-refractivity contribution in [3.05, 3.63) is 29.3 Å². The Bertz CT molecular complexity index is 384. The predicted octanol–water partition coefficient (Wildman–Crippen LogP) is 2.55. The zero-order chi connectivity index (χ0) is 11.3. The van der Waals surface area contributed by atoms with Gasteiger partial charge in [-0.1, -0.05) is 18.2 Å². The van der Waals surface area contributed by atoms with Crippen LogP contribution in [-0.4, -0.2) is 5.91 Å². The molecular formula is C12H14N2O. The molecule has 3 nitrogen and oxygen atoms in total. The van der Waals surface area contributed by atoms with Crippen molar-refractivity contribution in [3.63, 3.8) is 0 Å². The smallest absolute Gasteiger partial charge is 0.225 e. The second-order valence-corrected chi connectivity index (χ2v) is 3.47. The molecule has 78 valence electrons. The number of nitriles is 1. The van der Waals surface area contributed by atoms with Crippen LogP contribution in [0.3, 0.4) is 0 Å². The largest absolute Gasteiger partial charge is 0.326 e. The van der Waals surface area contributed by atoms with E-state index in [4.69, 9.17) is 5.26 Å². The van der Waals surface area contributed by atoms with Crippen LogP contribution >= 0.6 is 0 Å². The molecule has 0 aliphatic heterocycles. The van der Waals surface area contributed by atoms with E-state index >= 15 is 0 Å². The van der Waals surface area contributed by atoms with Crippen LogP contribution in [0.5, 0.6) is 0 Å². The van der Waals surface area contributed by atoms with Crippen LogP contribution in [0, 0.1) is 25.2 Å². The van der Waals surface area contributed by atoms with Crippen LogP contribution in [0.15, 0.2) is 18.2 Å². The van der Waals surface area contributed by atoms with E-state index in [1.165, 1.54) is 0 Å². The van der Waals surface area contributed by atoms with E-state index < -0.39 is 0 Å². The standard InChI is InChI=1S/C12H14N2O/c1-9-5-3-6-10(2)12(9)14-11(15)7-4-8-13/h3,5-6H,4,7H2,1-2H3,(H,14,15). The second-order valence-electron chi connectivity index (χ2n) is 3.47. The summed E-state index contributed by atoms with van der Waals surface area (Å²) in [5, 5.41) is 11.2. The molecule has 1 amide bonds. The fourth-order valence-electron chi connectivity index (χ4n) is 1.38. The third-order valence-corrected chi connectivity index (χ3v) is 2.21. The first-order valence-corrected chi connectivity index (χ1v) is 4.88. The Morgan fingerprint density at radius 3 is 2.53 bits per heavy atom. The van der Waals surface area contributed by atoms with E-state index in [9.17, 15) is 4.79 Å². The molecule has 0 radical (unpaired) electrons. The molecule has 1 aromatic rings. The number of hydrogen-bond acceptors (Lipinski definition) is 2. The zero-order valence-electron chi connectivity index (χ0n) is 9.00. The van der Waals surface area contributed by atoms with Gasteiger partial charge in [-0.2, -0.15) is 5.26 Å². The van der Waals surface area contributed by atoms with Crippen LogP contribution in [0.2, 0.25) is 0 Å². The predicted molar refractivity (Wildman–Crippen MR) is 59.4 cm³/mol. The normalized spacial score (nSPS) is 9.40. The zero-order valence-corrected chi connectivity index (χ0v) is 9.00. The van der Waals surface area contributed by atoms with Gasteiger partial charge in [-0.25, -0.2) is 0 Å². The average molecular weight is 202 g/mol. The van der Waals surface area contributed by atoms with Crippen LogP contribution in [-0.2, 0) is 4.79 Å². The van der Waals surface area contributed by atoms with Crippen molar-refractivity contribution in [3.8, 4) is 6.07 Å². The first kappa shape index (κ1) is 11.3. The van der Waals surface area contributed by atoms with E-state index in [0.717, 1.165) is 16.8 Å². The SMILES string of the molecule is Cc1cccc(C)c1NC(=O)CCC#N. The molecule has 0 bridgehead atoms. The monoisotopic (exact) mass is 202 g/mol. The highest BCUT2D eigenvalue weighted by atomic mass is 16.1. The first-order valence-electron chi connectivity index (χ1n) is 4.88. The molecule has 0 saturated carbocycles. The van der Waals surface area contributed by atoms with E-state index in [-0.39, 0.29) is 18.7 Å². The van der Waals surface area contributed by atoms with Crippen molar-refractivity contribution in [2.45, 2.75) is 26.7 Å². The van der Waals surface area contributed by atoms with Gasteiger partial charge in [-0.3, -0.25) is 4.79 Å². The quantitative estimate of drug-likeness (QED) is 0.818. The number of rotatable bonds is 3. The van der Waals surface area contributed by atoms with Crippen LogP contribution in [0.4, 0.5) is 5.69 Å². The third-order valence-electron chi connectivity index (χ3n) is 2.21. The third kappa shape index (κ3) is 3.10. The van der Waals surface area contributed by atoms with Crippen molar-refractivity contribution in [2.24, 2.45) is 0 Å². The van der Waals surface area contributed by atoms with E-state index in [1.54, 1.807) is 0 Å². The molecule has 1 aromatic carbocycles. The van der Waals surface area contributed by atoms with Gasteiger partial charge >= 0.3 is 0 Å². The molecule has 0 spiro atoms. The number of nitrogens with one attached hydrogen (secondary N) is 1. The first-order chi connectivity index (χ1) is 7.15. The summed E-state index contributed by atoms with van der Waals surface area (Å²) in [5.41, 5.74) is 2.95. The summed E-state index contributed by atoms with van der Waals surface area (Å²) in [6, 6.07) is 7.81. The molecule has 1 N–H and O–H groups in total. The molecule has 0 heterocycles. The van der Waals surface area contributed by atoms with Crippen molar-refractivity contribution >= 4 is 11.6 Å². The van der Waals surface area contributed by atoms with E-state index in [0.29, 0.717) is 0 Å². The summed E-state index contributed by atoms with van der Waals surface area (Å²) in [6.07, 6.45) is 0.515. The summed E-state index contributed by atoms with van der Waals surface area (Å²) in [6.45, 7) is 3.90. The van der Waals surface area contributed by atoms with Gasteiger partial charge in [-0.15, -0.1) is 0 Å². The molecule has 0 fully saturated rings. The maximum absolute atomic E-state index is 11.4. The topological polar surface area (TPSA) is 52.9 Å². The summed E-state index contributed by atoms with van der Waals surface area (Å²) >= 11 is 0. The van der Waals surface area contributed by atoms with Crippen molar-refractivity contribution in [1.29, 1.82) is 5.26 Å². The van der Waals surface area contributed by atoms with Gasteiger partial charge < -0.3 is 5.32 Å². The van der Waals surface area contributed by atoms with Gasteiger partial charge in [0.15, 0.2) is 0 Å². The highest BCUT2D eigenvalue weighted by Gasteiger charge is 2.06. The van der Waals surface area contributed by atoms with Gasteiger partial charge in [0.2, 0.25) is 5.91 Å². The molecule has 0 unspecified atom stereocenters. The Labute approximate surface area is 89.7 Å². The molecule has 0 saturated heterocycles. The molecule has 1 rings (SSSR count). The van der Waals surface area contributed by atoms with E-state index in [1.807, 2.05) is 38.1 Å². The van der Waals surface area contributed by atoms with Crippen LogP contribution in [0.25, 0.3) is 0 Å². The van der Waals surface area contributed by atoms with Gasteiger partial charge in [-0.05, 0) is 25.0 Å². The number of carbonyl (C=O) groups excluding carboxylic acids is 1. The summed E-state index contributed by atoms with van der Waals surface area (Å²) < 4.78 is 0. The lowest BCUT2D eigenvalue weighted by molar-refractivity contribution is -0.116. The number of anilines is 1. The van der Waals surface area contributed by atoms with Gasteiger partial charge in [0.1, 0.15) is 0 Å².